The van der Waals surface area contributed by atoms with Gasteiger partial charge < -0.3 is 9.88 Å². The molecule has 0 saturated carbocycles. The topological polar surface area (TPSA) is 59.8 Å². The predicted octanol–water partition coefficient (Wildman–Crippen LogP) is 4.78. The van der Waals surface area contributed by atoms with Gasteiger partial charge in [0.25, 0.3) is 0 Å². The Morgan fingerprint density at radius 2 is 1.81 bits per heavy atom. The van der Waals surface area contributed by atoms with E-state index in [-0.39, 0.29) is 5.91 Å². The van der Waals surface area contributed by atoms with Crippen molar-refractivity contribution in [1.29, 1.82) is 0 Å². The third kappa shape index (κ3) is 4.45. The number of nitrogens with zero attached hydrogens (tertiary/aromatic N) is 3. The normalized spacial score (nSPS) is 10.7. The molecule has 3 rings (SSSR count). The van der Waals surface area contributed by atoms with Crippen molar-refractivity contribution in [2.45, 2.75) is 24.3 Å². The molecule has 1 amide bonds. The van der Waals surface area contributed by atoms with E-state index in [0.717, 1.165) is 33.0 Å². The van der Waals surface area contributed by atoms with Crippen LogP contribution in [-0.4, -0.2) is 20.7 Å². The summed E-state index contributed by atoms with van der Waals surface area (Å²) in [5.74, 6) is 1.58. The van der Waals surface area contributed by atoms with Crippen LogP contribution in [0.15, 0.2) is 53.7 Å². The Morgan fingerprint density at radius 1 is 1.12 bits per heavy atom. The molecule has 26 heavy (non-hydrogen) atoms. The van der Waals surface area contributed by atoms with Gasteiger partial charge >= 0.3 is 0 Å². The molecule has 0 bridgehead atoms. The number of nitrogens with one attached hydrogen (secondary N) is 1. The molecule has 0 radical (unpaired) electrons. The molecule has 0 aliphatic heterocycles. The summed E-state index contributed by atoms with van der Waals surface area (Å²) < 4.78 is 1.97. The van der Waals surface area contributed by atoms with Crippen LogP contribution in [0.3, 0.4) is 0 Å². The molecule has 2 aromatic carbocycles. The first kappa shape index (κ1) is 18.5. The van der Waals surface area contributed by atoms with Gasteiger partial charge in [0.1, 0.15) is 0 Å². The number of amides is 1. The van der Waals surface area contributed by atoms with E-state index in [0.29, 0.717) is 6.42 Å². The average molecular weight is 387 g/mol. The molecule has 0 spiro atoms. The monoisotopic (exact) mass is 386 g/mol. The lowest BCUT2D eigenvalue weighted by molar-refractivity contribution is -0.115. The van der Waals surface area contributed by atoms with Crippen molar-refractivity contribution in [1.82, 2.24) is 14.8 Å². The summed E-state index contributed by atoms with van der Waals surface area (Å²) in [6.07, 6.45) is 0.458. The van der Waals surface area contributed by atoms with E-state index in [1.807, 2.05) is 67.1 Å². The van der Waals surface area contributed by atoms with Crippen LogP contribution in [0.2, 0.25) is 5.02 Å². The summed E-state index contributed by atoms with van der Waals surface area (Å²) in [4.78, 5) is 11.5. The van der Waals surface area contributed by atoms with Gasteiger partial charge in [-0.2, -0.15) is 0 Å². The molecule has 0 unspecified atom stereocenters. The zero-order valence-corrected chi connectivity index (χ0v) is 16.1. The zero-order chi connectivity index (χ0) is 18.5. The summed E-state index contributed by atoms with van der Waals surface area (Å²) in [5.41, 5.74) is 2.91. The Hall–Kier alpha value is -2.31. The standard InChI is InChI=1S/C19H19ClN4OS/c1-3-17(25)21-16-10-6-14(7-11-16)18-22-23-19(24(18)2)26-12-13-4-8-15(20)9-5-13/h4-11H,3,12H2,1-2H3,(H,21,25). The van der Waals surface area contributed by atoms with Gasteiger partial charge in [-0.1, -0.05) is 42.4 Å². The van der Waals surface area contributed by atoms with Crippen LogP contribution >= 0.6 is 23.4 Å². The highest BCUT2D eigenvalue weighted by molar-refractivity contribution is 7.98. The Morgan fingerprint density at radius 3 is 2.46 bits per heavy atom. The van der Waals surface area contributed by atoms with Gasteiger partial charge in [0.15, 0.2) is 11.0 Å². The van der Waals surface area contributed by atoms with Gasteiger partial charge in [-0.15, -0.1) is 10.2 Å². The van der Waals surface area contributed by atoms with E-state index < -0.39 is 0 Å². The lowest BCUT2D eigenvalue weighted by Crippen LogP contribution is -2.09. The lowest BCUT2D eigenvalue weighted by atomic mass is 10.2. The van der Waals surface area contributed by atoms with Crippen LogP contribution in [0, 0.1) is 0 Å². The third-order valence-electron chi connectivity index (χ3n) is 3.86. The van der Waals surface area contributed by atoms with Gasteiger partial charge in [0.2, 0.25) is 5.91 Å². The van der Waals surface area contributed by atoms with Crippen LogP contribution in [0.5, 0.6) is 0 Å². The molecule has 0 aliphatic rings. The van der Waals surface area contributed by atoms with Crippen LogP contribution in [0.25, 0.3) is 11.4 Å². The van der Waals surface area contributed by atoms with Crippen LogP contribution in [0.1, 0.15) is 18.9 Å². The number of carbonyl (C=O) groups excluding carboxylic acids is 1. The van der Waals surface area contributed by atoms with Crippen molar-refractivity contribution < 1.29 is 4.79 Å². The number of carbonyl (C=O) groups is 1. The maximum Gasteiger partial charge on any atom is 0.224 e. The molecule has 134 valence electrons. The van der Waals surface area contributed by atoms with Crippen LogP contribution in [-0.2, 0) is 17.6 Å². The summed E-state index contributed by atoms with van der Waals surface area (Å²) in [6, 6.07) is 15.4. The largest absolute Gasteiger partial charge is 0.326 e. The smallest absolute Gasteiger partial charge is 0.224 e. The summed E-state index contributed by atoms with van der Waals surface area (Å²) in [7, 11) is 1.95. The first-order valence-electron chi connectivity index (χ1n) is 8.23. The summed E-state index contributed by atoms with van der Waals surface area (Å²) >= 11 is 7.54. The lowest BCUT2D eigenvalue weighted by Gasteiger charge is -2.06. The van der Waals surface area contributed by atoms with E-state index in [9.17, 15) is 4.79 Å². The maximum absolute atomic E-state index is 11.5. The molecule has 0 saturated heterocycles. The molecule has 0 atom stereocenters. The second-order valence-electron chi connectivity index (χ2n) is 5.76. The number of hydrogen-bond donors (Lipinski definition) is 1. The van der Waals surface area contributed by atoms with E-state index in [4.69, 9.17) is 11.6 Å². The minimum Gasteiger partial charge on any atom is -0.326 e. The molecule has 7 heteroatoms. The number of thioether (sulfide) groups is 1. The molecule has 3 aromatic rings. The Balaban J connectivity index is 1.70. The van der Waals surface area contributed by atoms with Crippen molar-refractivity contribution in [3.8, 4) is 11.4 Å². The Labute approximate surface area is 161 Å². The Kier molecular flexibility index (Phi) is 5.96. The fraction of sp³-hybridized carbons (Fsp3) is 0.211. The Bertz CT molecular complexity index is 891. The van der Waals surface area contributed by atoms with E-state index in [1.54, 1.807) is 11.8 Å². The minimum absolute atomic E-state index is 0.00251. The first-order chi connectivity index (χ1) is 12.6. The number of rotatable bonds is 6. The molecule has 0 fully saturated rings. The van der Waals surface area contributed by atoms with Gasteiger partial charge in [-0.25, -0.2) is 0 Å². The highest BCUT2D eigenvalue weighted by atomic mass is 35.5. The number of aromatic nitrogens is 3. The summed E-state index contributed by atoms with van der Waals surface area (Å²) in [5, 5.41) is 13.0. The SMILES string of the molecule is CCC(=O)Nc1ccc(-c2nnc(SCc3ccc(Cl)cc3)n2C)cc1. The van der Waals surface area contributed by atoms with E-state index >= 15 is 0 Å². The average Bonchev–Trinajstić information content (AvgIpc) is 3.02. The summed E-state index contributed by atoms with van der Waals surface area (Å²) in [6.45, 7) is 1.83. The molecule has 1 heterocycles. The van der Waals surface area contributed by atoms with Crippen molar-refractivity contribution >= 4 is 35.0 Å². The number of halogens is 1. The molecular formula is C19H19ClN4OS. The zero-order valence-electron chi connectivity index (χ0n) is 14.6. The van der Waals surface area contributed by atoms with E-state index in [1.165, 1.54) is 5.56 Å². The van der Waals surface area contributed by atoms with Crippen molar-refractivity contribution in [2.24, 2.45) is 7.05 Å². The van der Waals surface area contributed by atoms with Crippen molar-refractivity contribution in [3.63, 3.8) is 0 Å². The van der Waals surface area contributed by atoms with Gasteiger partial charge in [0.05, 0.1) is 0 Å². The molecule has 5 nitrogen and oxygen atoms in total. The van der Waals surface area contributed by atoms with E-state index in [2.05, 4.69) is 15.5 Å². The molecule has 1 aromatic heterocycles. The second-order valence-corrected chi connectivity index (χ2v) is 7.14. The number of benzene rings is 2. The molecule has 1 N–H and O–H groups in total. The van der Waals surface area contributed by atoms with Crippen molar-refractivity contribution in [2.75, 3.05) is 5.32 Å². The molecule has 0 aliphatic carbocycles. The van der Waals surface area contributed by atoms with Gasteiger partial charge in [-0.05, 0) is 42.0 Å². The van der Waals surface area contributed by atoms with Gasteiger partial charge in [-0.3, -0.25) is 4.79 Å². The van der Waals surface area contributed by atoms with Crippen LogP contribution in [0.4, 0.5) is 5.69 Å². The van der Waals surface area contributed by atoms with Gasteiger partial charge in [0, 0.05) is 35.5 Å². The molecular weight excluding hydrogens is 368 g/mol. The second kappa shape index (κ2) is 8.38. The van der Waals surface area contributed by atoms with Crippen molar-refractivity contribution in [3.05, 3.63) is 59.1 Å². The highest BCUT2D eigenvalue weighted by Crippen LogP contribution is 2.26. The first-order valence-corrected chi connectivity index (χ1v) is 9.60. The highest BCUT2D eigenvalue weighted by Gasteiger charge is 2.11. The fourth-order valence-corrected chi connectivity index (χ4v) is 3.37. The third-order valence-corrected chi connectivity index (χ3v) is 5.21. The van der Waals surface area contributed by atoms with Crippen LogP contribution < -0.4 is 5.32 Å². The number of anilines is 1. The quantitative estimate of drug-likeness (QED) is 0.619. The fourth-order valence-electron chi connectivity index (χ4n) is 2.37. The number of hydrogen-bond acceptors (Lipinski definition) is 4. The minimum atomic E-state index is -0.00251. The predicted molar refractivity (Wildman–Crippen MR) is 106 cm³/mol. The maximum atomic E-state index is 11.5.